The van der Waals surface area contributed by atoms with Crippen LogP contribution in [0.15, 0.2) is 53.0 Å². The molecule has 1 unspecified atom stereocenters. The first kappa shape index (κ1) is 23.9. The predicted molar refractivity (Wildman–Crippen MR) is 123 cm³/mol. The molecule has 6 heteroatoms. The van der Waals surface area contributed by atoms with E-state index in [4.69, 9.17) is 4.74 Å². The summed E-state index contributed by atoms with van der Waals surface area (Å²) in [5, 5.41) is 2.90. The number of nitrogens with zero attached hydrogens (tertiary/aromatic N) is 1. The smallest absolute Gasteiger partial charge is 0.242 e. The van der Waals surface area contributed by atoms with Crippen LogP contribution in [0.2, 0.25) is 0 Å². The highest BCUT2D eigenvalue weighted by Gasteiger charge is 2.26. The van der Waals surface area contributed by atoms with E-state index in [9.17, 15) is 9.59 Å². The third-order valence-electron chi connectivity index (χ3n) is 4.69. The highest BCUT2D eigenvalue weighted by atomic mass is 79.9. The zero-order chi connectivity index (χ0) is 22.1. The summed E-state index contributed by atoms with van der Waals surface area (Å²) in [5.74, 6) is 0.590. The van der Waals surface area contributed by atoms with Crippen LogP contribution >= 0.6 is 15.9 Å². The lowest BCUT2D eigenvalue weighted by molar-refractivity contribution is -0.141. The number of hydrogen-bond acceptors (Lipinski definition) is 3. The minimum Gasteiger partial charge on any atom is -0.494 e. The Balaban J connectivity index is 1.98. The maximum absolute atomic E-state index is 13.0. The van der Waals surface area contributed by atoms with E-state index in [0.717, 1.165) is 15.8 Å². The second kappa shape index (κ2) is 11.7. The van der Waals surface area contributed by atoms with Crippen LogP contribution in [-0.4, -0.2) is 35.4 Å². The average Bonchev–Trinajstić information content (AvgIpc) is 2.71. The standard InChI is InChI=1S/C24H31BrN2O3/c1-17(2)26-24(29)19(4)27(16-20-9-11-21(25)12-10-20)23(28)6-5-15-30-22-13-7-18(3)8-14-22/h7-14,17,19H,5-6,15-16H2,1-4H3,(H,26,29). The number of hydrogen-bond donors (Lipinski definition) is 1. The topological polar surface area (TPSA) is 58.6 Å². The Morgan fingerprint density at radius 3 is 2.27 bits per heavy atom. The number of aryl methyl sites for hydroxylation is 1. The Bertz CT molecular complexity index is 819. The molecule has 0 radical (unpaired) electrons. The van der Waals surface area contributed by atoms with E-state index in [-0.39, 0.29) is 17.9 Å². The molecule has 0 fully saturated rings. The van der Waals surface area contributed by atoms with Gasteiger partial charge in [0.1, 0.15) is 11.8 Å². The van der Waals surface area contributed by atoms with Crippen LogP contribution in [0.3, 0.4) is 0 Å². The summed E-state index contributed by atoms with van der Waals surface area (Å²) >= 11 is 3.43. The molecule has 2 amide bonds. The van der Waals surface area contributed by atoms with Gasteiger partial charge in [0.2, 0.25) is 11.8 Å². The van der Waals surface area contributed by atoms with Crippen molar-refractivity contribution < 1.29 is 14.3 Å². The quantitative estimate of drug-likeness (QED) is 0.500. The summed E-state index contributed by atoms with van der Waals surface area (Å²) in [7, 11) is 0. The van der Waals surface area contributed by atoms with E-state index in [2.05, 4.69) is 21.2 Å². The molecular formula is C24H31BrN2O3. The van der Waals surface area contributed by atoms with Crippen molar-refractivity contribution >= 4 is 27.7 Å². The number of carbonyl (C=O) groups excluding carboxylic acids is 2. The van der Waals surface area contributed by atoms with Crippen molar-refractivity contribution in [1.82, 2.24) is 10.2 Å². The number of amides is 2. The molecule has 0 saturated carbocycles. The van der Waals surface area contributed by atoms with Crippen molar-refractivity contribution in [1.29, 1.82) is 0 Å². The Morgan fingerprint density at radius 1 is 1.03 bits per heavy atom. The lowest BCUT2D eigenvalue weighted by Gasteiger charge is -2.29. The molecule has 0 aliphatic carbocycles. The minimum absolute atomic E-state index is 0.0208. The Kier molecular flexibility index (Phi) is 9.37. The fourth-order valence-electron chi connectivity index (χ4n) is 2.97. The van der Waals surface area contributed by atoms with Gasteiger partial charge in [-0.2, -0.15) is 0 Å². The van der Waals surface area contributed by atoms with Crippen molar-refractivity contribution in [2.75, 3.05) is 6.61 Å². The second-order valence-corrected chi connectivity index (χ2v) is 8.67. The summed E-state index contributed by atoms with van der Waals surface area (Å²) in [6.07, 6.45) is 0.907. The fraction of sp³-hybridized carbons (Fsp3) is 0.417. The molecule has 2 aromatic rings. The Hall–Kier alpha value is -2.34. The normalized spacial score (nSPS) is 11.8. The summed E-state index contributed by atoms with van der Waals surface area (Å²) in [5.41, 5.74) is 2.15. The molecule has 5 nitrogen and oxygen atoms in total. The number of halogens is 1. The van der Waals surface area contributed by atoms with Gasteiger partial charge in [0.25, 0.3) is 0 Å². The van der Waals surface area contributed by atoms with Crippen LogP contribution in [0.5, 0.6) is 5.75 Å². The number of ether oxygens (including phenoxy) is 1. The summed E-state index contributed by atoms with van der Waals surface area (Å²) in [6.45, 7) is 8.46. The molecule has 0 spiro atoms. The van der Waals surface area contributed by atoms with Gasteiger partial charge in [0.05, 0.1) is 6.61 Å². The van der Waals surface area contributed by atoms with Gasteiger partial charge in [-0.3, -0.25) is 9.59 Å². The Labute approximate surface area is 187 Å². The van der Waals surface area contributed by atoms with Gasteiger partial charge in [-0.1, -0.05) is 45.8 Å². The first-order valence-corrected chi connectivity index (χ1v) is 11.1. The molecule has 0 heterocycles. The predicted octanol–water partition coefficient (Wildman–Crippen LogP) is 4.86. The summed E-state index contributed by atoms with van der Waals surface area (Å²) in [6, 6.07) is 15.1. The van der Waals surface area contributed by atoms with Gasteiger partial charge >= 0.3 is 0 Å². The molecule has 2 aromatic carbocycles. The number of nitrogens with one attached hydrogen (secondary N) is 1. The zero-order valence-electron chi connectivity index (χ0n) is 18.2. The SMILES string of the molecule is Cc1ccc(OCCCC(=O)N(Cc2ccc(Br)cc2)C(C)C(=O)NC(C)C)cc1. The first-order chi connectivity index (χ1) is 14.3. The number of rotatable bonds is 10. The molecule has 0 aromatic heterocycles. The third-order valence-corrected chi connectivity index (χ3v) is 5.22. The second-order valence-electron chi connectivity index (χ2n) is 7.75. The van der Waals surface area contributed by atoms with Crippen LogP contribution in [0.25, 0.3) is 0 Å². The molecule has 30 heavy (non-hydrogen) atoms. The molecule has 2 rings (SSSR count). The van der Waals surface area contributed by atoms with E-state index >= 15 is 0 Å². The highest BCUT2D eigenvalue weighted by Crippen LogP contribution is 2.16. The maximum Gasteiger partial charge on any atom is 0.242 e. The molecule has 1 atom stereocenters. The van der Waals surface area contributed by atoms with E-state index < -0.39 is 6.04 Å². The van der Waals surface area contributed by atoms with Crippen molar-refractivity contribution in [2.24, 2.45) is 0 Å². The van der Waals surface area contributed by atoms with Gasteiger partial charge in [-0.05, 0) is 63.9 Å². The number of carbonyl (C=O) groups is 2. The number of benzene rings is 2. The van der Waals surface area contributed by atoms with E-state index in [1.54, 1.807) is 11.8 Å². The average molecular weight is 475 g/mol. The van der Waals surface area contributed by atoms with Crippen molar-refractivity contribution in [2.45, 2.75) is 59.2 Å². The summed E-state index contributed by atoms with van der Waals surface area (Å²) in [4.78, 5) is 27.2. The van der Waals surface area contributed by atoms with Crippen LogP contribution in [0.4, 0.5) is 0 Å². The van der Waals surface area contributed by atoms with Crippen molar-refractivity contribution in [3.8, 4) is 5.75 Å². The van der Waals surface area contributed by atoms with E-state index in [0.29, 0.717) is 26.0 Å². The van der Waals surface area contributed by atoms with Crippen LogP contribution in [-0.2, 0) is 16.1 Å². The monoisotopic (exact) mass is 474 g/mol. The summed E-state index contributed by atoms with van der Waals surface area (Å²) < 4.78 is 6.70. The fourth-order valence-corrected chi connectivity index (χ4v) is 3.23. The molecule has 0 aliphatic heterocycles. The molecule has 0 bridgehead atoms. The Morgan fingerprint density at radius 2 is 1.67 bits per heavy atom. The van der Waals surface area contributed by atoms with Gasteiger partial charge in [-0.15, -0.1) is 0 Å². The maximum atomic E-state index is 13.0. The van der Waals surface area contributed by atoms with Crippen molar-refractivity contribution in [3.05, 3.63) is 64.1 Å². The molecule has 0 aliphatic rings. The van der Waals surface area contributed by atoms with E-state index in [1.165, 1.54) is 5.56 Å². The van der Waals surface area contributed by atoms with Crippen molar-refractivity contribution in [3.63, 3.8) is 0 Å². The zero-order valence-corrected chi connectivity index (χ0v) is 19.7. The third kappa shape index (κ3) is 7.82. The lowest BCUT2D eigenvalue weighted by Crippen LogP contribution is -2.49. The highest BCUT2D eigenvalue weighted by molar-refractivity contribution is 9.10. The lowest BCUT2D eigenvalue weighted by atomic mass is 10.1. The molecular weight excluding hydrogens is 444 g/mol. The van der Waals surface area contributed by atoms with Gasteiger partial charge in [0.15, 0.2) is 0 Å². The van der Waals surface area contributed by atoms with E-state index in [1.807, 2.05) is 69.3 Å². The van der Waals surface area contributed by atoms with Gasteiger partial charge < -0.3 is 15.0 Å². The van der Waals surface area contributed by atoms with Crippen LogP contribution in [0.1, 0.15) is 44.7 Å². The minimum atomic E-state index is -0.554. The molecule has 162 valence electrons. The van der Waals surface area contributed by atoms with Gasteiger partial charge in [0, 0.05) is 23.5 Å². The largest absolute Gasteiger partial charge is 0.494 e. The van der Waals surface area contributed by atoms with Gasteiger partial charge in [-0.25, -0.2) is 0 Å². The molecule has 1 N–H and O–H groups in total. The van der Waals surface area contributed by atoms with Crippen LogP contribution in [0, 0.1) is 6.92 Å². The first-order valence-electron chi connectivity index (χ1n) is 10.3. The van der Waals surface area contributed by atoms with Crippen LogP contribution < -0.4 is 10.1 Å². The molecule has 0 saturated heterocycles.